The number of halogens is 1. The van der Waals surface area contributed by atoms with Crippen molar-refractivity contribution in [2.45, 2.75) is 21.6 Å². The van der Waals surface area contributed by atoms with Gasteiger partial charge in [0.25, 0.3) is 0 Å². The van der Waals surface area contributed by atoms with Crippen molar-refractivity contribution in [3.05, 3.63) is 90.2 Å². The van der Waals surface area contributed by atoms with E-state index in [1.807, 2.05) is 48.5 Å². The third kappa shape index (κ3) is 3.01. The fraction of sp³-hybridized carbons (Fsp3) is 0.0526. The number of rotatable bonds is 3. The molecule has 21 heavy (non-hydrogen) atoms. The van der Waals surface area contributed by atoms with Crippen LogP contribution in [0.25, 0.3) is 0 Å². The topological polar surface area (TPSA) is 0 Å². The smallest absolute Gasteiger partial charge is 0.169 e. The van der Waals surface area contributed by atoms with Gasteiger partial charge in [0.15, 0.2) is 14.7 Å². The largest absolute Gasteiger partial charge is 0.207 e. The van der Waals surface area contributed by atoms with Crippen LogP contribution in [0, 0.1) is 12.7 Å². The van der Waals surface area contributed by atoms with E-state index in [4.69, 9.17) is 0 Å². The van der Waals surface area contributed by atoms with E-state index < -0.39 is 0 Å². The van der Waals surface area contributed by atoms with Crippen molar-refractivity contribution in [1.82, 2.24) is 0 Å². The summed E-state index contributed by atoms with van der Waals surface area (Å²) in [6, 6.07) is 26.1. The second kappa shape index (κ2) is 6.15. The molecule has 0 aliphatic rings. The summed E-state index contributed by atoms with van der Waals surface area (Å²) < 4.78 is 14.0. The molecule has 3 aromatic carbocycles. The van der Waals surface area contributed by atoms with E-state index in [1.165, 1.54) is 9.79 Å². The summed E-state index contributed by atoms with van der Waals surface area (Å²) in [7, 11) is -0.273. The van der Waals surface area contributed by atoms with Crippen molar-refractivity contribution in [3.8, 4) is 0 Å². The van der Waals surface area contributed by atoms with Gasteiger partial charge in [0.1, 0.15) is 5.82 Å². The van der Waals surface area contributed by atoms with Crippen molar-refractivity contribution in [1.29, 1.82) is 0 Å². The van der Waals surface area contributed by atoms with Crippen molar-refractivity contribution in [3.63, 3.8) is 0 Å². The Morgan fingerprint density at radius 3 is 1.67 bits per heavy atom. The van der Waals surface area contributed by atoms with Gasteiger partial charge in [0, 0.05) is 6.07 Å². The fourth-order valence-corrected chi connectivity index (χ4v) is 4.32. The third-order valence-corrected chi connectivity index (χ3v) is 5.55. The molecule has 0 radical (unpaired) electrons. The molecule has 0 amide bonds. The zero-order chi connectivity index (χ0) is 14.7. The zero-order valence-corrected chi connectivity index (χ0v) is 12.6. The molecule has 0 aromatic heterocycles. The van der Waals surface area contributed by atoms with E-state index >= 15 is 0 Å². The first-order valence-electron chi connectivity index (χ1n) is 6.86. The van der Waals surface area contributed by atoms with E-state index in [0.717, 1.165) is 4.90 Å². The predicted octanol–water partition coefficient (Wildman–Crippen LogP) is 5.23. The Morgan fingerprint density at radius 2 is 1.19 bits per heavy atom. The standard InChI is InChI=1S/C19H16FS/c1-15-12-13-18(14-19(15)20)21(16-8-4-2-5-9-16)17-10-6-3-7-11-17/h2-14H,1H3/q+1. The molecule has 0 atom stereocenters. The maximum Gasteiger partial charge on any atom is 0.169 e. The molecular formula is C19H16FS+. The van der Waals surface area contributed by atoms with Gasteiger partial charge in [-0.1, -0.05) is 42.5 Å². The summed E-state index contributed by atoms with van der Waals surface area (Å²) in [5.41, 5.74) is 0.684. The van der Waals surface area contributed by atoms with Gasteiger partial charge in [-0.2, -0.15) is 0 Å². The predicted molar refractivity (Wildman–Crippen MR) is 86.2 cm³/mol. The lowest BCUT2D eigenvalue weighted by Crippen LogP contribution is -2.05. The fourth-order valence-electron chi connectivity index (χ4n) is 2.22. The van der Waals surface area contributed by atoms with Crippen LogP contribution in [-0.4, -0.2) is 0 Å². The Bertz CT molecular complexity index is 684. The monoisotopic (exact) mass is 295 g/mol. The minimum atomic E-state index is -0.273. The van der Waals surface area contributed by atoms with Gasteiger partial charge < -0.3 is 0 Å². The Kier molecular flexibility index (Phi) is 4.07. The van der Waals surface area contributed by atoms with Crippen LogP contribution in [0.5, 0.6) is 0 Å². The minimum Gasteiger partial charge on any atom is -0.207 e. The summed E-state index contributed by atoms with van der Waals surface area (Å²) in [4.78, 5) is 3.41. The Morgan fingerprint density at radius 1 is 0.667 bits per heavy atom. The Hall–Kier alpha value is -2.06. The molecule has 0 spiro atoms. The molecule has 2 heteroatoms. The lowest BCUT2D eigenvalue weighted by atomic mass is 10.2. The van der Waals surface area contributed by atoms with E-state index in [-0.39, 0.29) is 16.7 Å². The van der Waals surface area contributed by atoms with Crippen LogP contribution >= 0.6 is 0 Å². The summed E-state index contributed by atoms with van der Waals surface area (Å²) >= 11 is 0. The first-order chi connectivity index (χ1) is 10.3. The second-order valence-corrected chi connectivity index (χ2v) is 6.87. The van der Waals surface area contributed by atoms with E-state index in [2.05, 4.69) is 24.3 Å². The first-order valence-corrected chi connectivity index (χ1v) is 8.09. The Labute approximate surface area is 127 Å². The van der Waals surface area contributed by atoms with Gasteiger partial charge in [-0.3, -0.25) is 0 Å². The number of aryl methyl sites for hydroxylation is 1. The number of benzene rings is 3. The minimum absolute atomic E-state index is 0.142. The van der Waals surface area contributed by atoms with Crippen LogP contribution in [0.4, 0.5) is 4.39 Å². The van der Waals surface area contributed by atoms with Gasteiger partial charge in [0.2, 0.25) is 0 Å². The molecule has 0 saturated carbocycles. The molecule has 3 rings (SSSR count). The lowest BCUT2D eigenvalue weighted by molar-refractivity contribution is 0.614. The van der Waals surface area contributed by atoms with Crippen molar-refractivity contribution in [2.24, 2.45) is 0 Å². The summed E-state index contributed by atoms with van der Waals surface area (Å²) in [5.74, 6) is -0.142. The van der Waals surface area contributed by atoms with Gasteiger partial charge >= 0.3 is 0 Å². The van der Waals surface area contributed by atoms with Crippen molar-refractivity contribution >= 4 is 10.9 Å². The van der Waals surface area contributed by atoms with Crippen LogP contribution < -0.4 is 0 Å². The SMILES string of the molecule is Cc1ccc([S+](c2ccccc2)c2ccccc2)cc1F. The lowest BCUT2D eigenvalue weighted by Gasteiger charge is -2.08. The van der Waals surface area contributed by atoms with Crippen molar-refractivity contribution in [2.75, 3.05) is 0 Å². The van der Waals surface area contributed by atoms with E-state index in [0.29, 0.717) is 5.56 Å². The number of hydrogen-bond donors (Lipinski definition) is 0. The third-order valence-electron chi connectivity index (χ3n) is 3.34. The molecule has 0 nitrogen and oxygen atoms in total. The number of hydrogen-bond acceptors (Lipinski definition) is 0. The molecule has 0 fully saturated rings. The molecule has 0 saturated heterocycles. The molecule has 0 aliphatic carbocycles. The average molecular weight is 295 g/mol. The van der Waals surface area contributed by atoms with Crippen LogP contribution in [0.15, 0.2) is 93.5 Å². The second-order valence-electron chi connectivity index (χ2n) is 4.84. The van der Waals surface area contributed by atoms with Crippen LogP contribution in [0.2, 0.25) is 0 Å². The van der Waals surface area contributed by atoms with Crippen LogP contribution in [0.3, 0.4) is 0 Å². The zero-order valence-electron chi connectivity index (χ0n) is 11.8. The summed E-state index contributed by atoms with van der Waals surface area (Å²) in [6.45, 7) is 1.79. The molecule has 0 bridgehead atoms. The maximum absolute atomic E-state index is 14.0. The Balaban J connectivity index is 2.14. The van der Waals surface area contributed by atoms with E-state index in [1.54, 1.807) is 13.0 Å². The highest BCUT2D eigenvalue weighted by Crippen LogP contribution is 2.31. The van der Waals surface area contributed by atoms with Crippen LogP contribution in [0.1, 0.15) is 5.56 Å². The molecular weight excluding hydrogens is 279 g/mol. The molecule has 0 aliphatic heterocycles. The average Bonchev–Trinajstić information content (AvgIpc) is 2.53. The van der Waals surface area contributed by atoms with Gasteiger partial charge in [-0.25, -0.2) is 4.39 Å². The van der Waals surface area contributed by atoms with Gasteiger partial charge in [-0.15, -0.1) is 0 Å². The normalized spacial score (nSPS) is 10.8. The van der Waals surface area contributed by atoms with Crippen molar-refractivity contribution < 1.29 is 4.39 Å². The highest BCUT2D eigenvalue weighted by molar-refractivity contribution is 7.97. The van der Waals surface area contributed by atoms with Gasteiger partial charge in [-0.05, 0) is 42.8 Å². The maximum atomic E-state index is 14.0. The quantitative estimate of drug-likeness (QED) is 0.580. The molecule has 0 heterocycles. The molecule has 3 aromatic rings. The molecule has 0 unspecified atom stereocenters. The highest BCUT2D eigenvalue weighted by Gasteiger charge is 2.28. The van der Waals surface area contributed by atoms with Crippen LogP contribution in [-0.2, 0) is 10.9 Å². The highest BCUT2D eigenvalue weighted by atomic mass is 32.2. The van der Waals surface area contributed by atoms with Gasteiger partial charge in [0.05, 0.1) is 10.9 Å². The summed E-state index contributed by atoms with van der Waals surface area (Å²) in [5, 5.41) is 0. The van der Waals surface area contributed by atoms with E-state index in [9.17, 15) is 4.39 Å². The molecule has 104 valence electrons. The molecule has 0 N–H and O–H groups in total. The first kappa shape index (κ1) is 13.9. The summed E-state index contributed by atoms with van der Waals surface area (Å²) in [6.07, 6.45) is 0.